The van der Waals surface area contributed by atoms with Gasteiger partial charge in [-0.25, -0.2) is 14.1 Å². The van der Waals surface area contributed by atoms with Gasteiger partial charge in [0.05, 0.1) is 23.1 Å². The lowest BCUT2D eigenvalue weighted by molar-refractivity contribution is -0.118. The van der Waals surface area contributed by atoms with Gasteiger partial charge < -0.3 is 10.2 Å². The van der Waals surface area contributed by atoms with Gasteiger partial charge >= 0.3 is 0 Å². The average Bonchev–Trinajstić information content (AvgIpc) is 3.30. The Hall–Kier alpha value is -2.97. The topological polar surface area (TPSA) is 80.1 Å². The lowest BCUT2D eigenvalue weighted by Crippen LogP contribution is -2.30. The van der Waals surface area contributed by atoms with Gasteiger partial charge in [-0.05, 0) is 36.4 Å². The van der Waals surface area contributed by atoms with Crippen LogP contribution < -0.4 is 5.32 Å². The summed E-state index contributed by atoms with van der Waals surface area (Å²) in [5, 5.41) is 7.13. The van der Waals surface area contributed by atoms with E-state index in [1.54, 1.807) is 18.2 Å². The summed E-state index contributed by atoms with van der Waals surface area (Å²) >= 11 is 11.9. The Morgan fingerprint density at radius 1 is 1.18 bits per heavy atom. The molecule has 1 fully saturated rings. The minimum Gasteiger partial charge on any atom is -0.337 e. The first-order valence-corrected chi connectivity index (χ1v) is 8.91. The highest BCUT2D eigenvalue weighted by atomic mass is 35.5. The zero-order chi connectivity index (χ0) is 19.8. The van der Waals surface area contributed by atoms with Gasteiger partial charge in [-0.1, -0.05) is 23.2 Å². The van der Waals surface area contributed by atoms with Crippen LogP contribution in [0.2, 0.25) is 10.2 Å². The Balaban J connectivity index is 1.83. The molecule has 0 saturated carbocycles. The molecule has 10 heteroatoms. The van der Waals surface area contributed by atoms with Crippen molar-refractivity contribution in [3.8, 4) is 16.9 Å². The van der Waals surface area contributed by atoms with E-state index in [9.17, 15) is 14.0 Å². The summed E-state index contributed by atoms with van der Waals surface area (Å²) < 4.78 is 15.0. The molecule has 7 nitrogen and oxygen atoms in total. The van der Waals surface area contributed by atoms with Crippen molar-refractivity contribution < 1.29 is 14.0 Å². The highest BCUT2D eigenvalue weighted by Gasteiger charge is 2.27. The predicted molar refractivity (Wildman–Crippen MR) is 101 cm³/mol. The molecule has 0 unspecified atom stereocenters. The molecule has 1 saturated heterocycles. The van der Waals surface area contributed by atoms with Crippen molar-refractivity contribution in [2.75, 3.05) is 13.2 Å². The van der Waals surface area contributed by atoms with Crippen molar-refractivity contribution in [2.45, 2.75) is 0 Å². The van der Waals surface area contributed by atoms with Gasteiger partial charge in [0.15, 0.2) is 5.69 Å². The van der Waals surface area contributed by atoms with Crippen LogP contribution in [0.1, 0.15) is 10.5 Å². The molecular formula is C18H12Cl2FN5O2. The van der Waals surface area contributed by atoms with Crippen molar-refractivity contribution in [3.05, 3.63) is 64.3 Å². The lowest BCUT2D eigenvalue weighted by atomic mass is 10.1. The molecule has 0 radical (unpaired) electrons. The molecule has 1 aliphatic rings. The smallest absolute Gasteiger partial charge is 0.276 e. The number of benzene rings is 1. The number of amides is 2. The van der Waals surface area contributed by atoms with E-state index >= 15 is 0 Å². The van der Waals surface area contributed by atoms with E-state index in [0.29, 0.717) is 16.9 Å². The summed E-state index contributed by atoms with van der Waals surface area (Å²) in [5.41, 5.74) is 1.78. The quantitative estimate of drug-likeness (QED) is 0.661. The summed E-state index contributed by atoms with van der Waals surface area (Å²) in [4.78, 5) is 29.4. The second-order valence-corrected chi connectivity index (χ2v) is 6.85. The van der Waals surface area contributed by atoms with E-state index in [2.05, 4.69) is 15.4 Å². The highest BCUT2D eigenvalue weighted by molar-refractivity contribution is 6.31. The van der Waals surface area contributed by atoms with E-state index in [1.165, 1.54) is 34.0 Å². The zero-order valence-electron chi connectivity index (χ0n) is 14.2. The maximum atomic E-state index is 13.6. The fourth-order valence-corrected chi connectivity index (χ4v) is 3.19. The Labute approximate surface area is 168 Å². The first kappa shape index (κ1) is 18.4. The summed E-state index contributed by atoms with van der Waals surface area (Å²) in [7, 11) is 0. The third-order valence-corrected chi connectivity index (χ3v) is 4.68. The van der Waals surface area contributed by atoms with Crippen LogP contribution in [0.15, 0.2) is 42.6 Å². The van der Waals surface area contributed by atoms with Crippen LogP contribution in [0, 0.1) is 5.82 Å². The summed E-state index contributed by atoms with van der Waals surface area (Å²) in [6.07, 6.45) is 1.52. The van der Waals surface area contributed by atoms with Crippen molar-refractivity contribution in [3.63, 3.8) is 0 Å². The van der Waals surface area contributed by atoms with Gasteiger partial charge in [-0.2, -0.15) is 5.10 Å². The van der Waals surface area contributed by atoms with Crippen molar-refractivity contribution in [1.29, 1.82) is 0 Å². The molecule has 1 aromatic carbocycles. The minimum absolute atomic E-state index is 0.0372. The zero-order valence-corrected chi connectivity index (χ0v) is 15.7. The Morgan fingerprint density at radius 3 is 2.68 bits per heavy atom. The number of aromatic nitrogens is 3. The molecule has 3 heterocycles. The van der Waals surface area contributed by atoms with Crippen LogP contribution in [0.4, 0.5) is 4.39 Å². The molecule has 0 aliphatic carbocycles. The molecule has 1 N–H and O–H groups in total. The molecule has 28 heavy (non-hydrogen) atoms. The van der Waals surface area contributed by atoms with E-state index in [4.69, 9.17) is 23.2 Å². The maximum absolute atomic E-state index is 13.6. The number of rotatable bonds is 3. The average molecular weight is 420 g/mol. The molecule has 4 rings (SSSR count). The molecule has 1 aliphatic heterocycles. The number of hydrogen-bond donors (Lipinski definition) is 1. The fraction of sp³-hybridized carbons (Fsp3) is 0.111. The van der Waals surface area contributed by atoms with Crippen LogP contribution in [-0.2, 0) is 4.79 Å². The van der Waals surface area contributed by atoms with Crippen LogP contribution in [0.25, 0.3) is 16.9 Å². The van der Waals surface area contributed by atoms with E-state index < -0.39 is 11.7 Å². The number of carbonyl (C=O) groups excluding carboxylic acids is 2. The summed E-state index contributed by atoms with van der Waals surface area (Å²) in [6.45, 7) is 0.0772. The number of halogens is 3. The summed E-state index contributed by atoms with van der Waals surface area (Å²) in [6, 6.07) is 9.03. The van der Waals surface area contributed by atoms with Gasteiger partial charge in [0, 0.05) is 11.8 Å². The molecular weight excluding hydrogens is 408 g/mol. The van der Waals surface area contributed by atoms with E-state index in [1.807, 2.05) is 0 Å². The van der Waals surface area contributed by atoms with Crippen LogP contribution >= 0.6 is 23.2 Å². The van der Waals surface area contributed by atoms with E-state index in [-0.39, 0.29) is 35.0 Å². The molecule has 2 amide bonds. The molecule has 0 spiro atoms. The highest BCUT2D eigenvalue weighted by Crippen LogP contribution is 2.28. The van der Waals surface area contributed by atoms with Crippen molar-refractivity contribution in [1.82, 2.24) is 25.0 Å². The first-order valence-electron chi connectivity index (χ1n) is 8.16. The normalized spacial score (nSPS) is 13.7. The molecule has 0 bridgehead atoms. The van der Waals surface area contributed by atoms with Crippen molar-refractivity contribution in [2.24, 2.45) is 0 Å². The SMILES string of the molecule is O=C1CN(C(=O)c2cc(-c3ccnc(Cl)c3)n(-c3ccc(F)c(Cl)c3)n2)CN1. The number of nitrogens with zero attached hydrogens (tertiary/aromatic N) is 4. The predicted octanol–water partition coefficient (Wildman–Crippen LogP) is 2.91. The maximum Gasteiger partial charge on any atom is 0.276 e. The Morgan fingerprint density at radius 2 is 2.00 bits per heavy atom. The van der Waals surface area contributed by atoms with Gasteiger partial charge in [0.1, 0.15) is 17.5 Å². The van der Waals surface area contributed by atoms with Gasteiger partial charge in [-0.15, -0.1) is 0 Å². The van der Waals surface area contributed by atoms with Crippen molar-refractivity contribution >= 4 is 35.0 Å². The third kappa shape index (κ3) is 3.44. The molecule has 2 aromatic heterocycles. The lowest BCUT2D eigenvalue weighted by Gasteiger charge is -2.10. The van der Waals surface area contributed by atoms with Crippen LogP contribution in [-0.4, -0.2) is 44.7 Å². The van der Waals surface area contributed by atoms with Crippen LogP contribution in [0.3, 0.4) is 0 Å². The fourth-order valence-electron chi connectivity index (χ4n) is 2.84. The summed E-state index contributed by atoms with van der Waals surface area (Å²) in [5.74, 6) is -1.21. The molecule has 0 atom stereocenters. The number of nitrogens with one attached hydrogen (secondary N) is 1. The molecule has 3 aromatic rings. The number of hydrogen-bond acceptors (Lipinski definition) is 4. The Bertz CT molecular complexity index is 1100. The van der Waals surface area contributed by atoms with Gasteiger partial charge in [0.25, 0.3) is 5.91 Å². The third-order valence-electron chi connectivity index (χ3n) is 4.19. The molecule has 142 valence electrons. The minimum atomic E-state index is -0.566. The largest absolute Gasteiger partial charge is 0.337 e. The Kier molecular flexibility index (Phi) is 4.74. The van der Waals surface area contributed by atoms with Gasteiger partial charge in [-0.3, -0.25) is 9.59 Å². The number of pyridine rings is 1. The second kappa shape index (κ2) is 7.21. The first-order chi connectivity index (χ1) is 13.4. The standard InChI is InChI=1S/C18H12Cl2FN5O2/c19-12-6-11(1-2-13(12)21)26-15(10-3-4-22-16(20)5-10)7-14(24-26)18(28)25-8-17(27)23-9-25/h1-7H,8-9H2,(H,23,27). The van der Waals surface area contributed by atoms with Crippen LogP contribution in [0.5, 0.6) is 0 Å². The number of carbonyl (C=O) groups is 2. The van der Waals surface area contributed by atoms with E-state index in [0.717, 1.165) is 0 Å². The van der Waals surface area contributed by atoms with Gasteiger partial charge in [0.2, 0.25) is 5.91 Å². The second-order valence-electron chi connectivity index (χ2n) is 6.05. The monoisotopic (exact) mass is 419 g/mol.